The minimum absolute atomic E-state index is 0.00981. The fourth-order valence-electron chi connectivity index (χ4n) is 1.12. The summed E-state index contributed by atoms with van der Waals surface area (Å²) in [6.07, 6.45) is 0. The van der Waals surface area contributed by atoms with Crippen LogP contribution in [0.2, 0.25) is 5.02 Å². The zero-order valence-electron chi connectivity index (χ0n) is 7.16. The molecule has 1 aromatic carbocycles. The molecule has 0 saturated heterocycles. The van der Waals surface area contributed by atoms with Crippen LogP contribution in [0, 0.1) is 0 Å². The molecule has 0 atom stereocenters. The molecule has 5 heteroatoms. The van der Waals surface area contributed by atoms with Crippen LogP contribution in [0.5, 0.6) is 0 Å². The van der Waals surface area contributed by atoms with E-state index in [0.717, 1.165) is 0 Å². The lowest BCUT2D eigenvalue weighted by molar-refractivity contribution is 0.0970. The maximum Gasteiger partial charge on any atom is 0.265 e. The van der Waals surface area contributed by atoms with Crippen LogP contribution in [0.3, 0.4) is 0 Å². The predicted octanol–water partition coefficient (Wildman–Crippen LogP) is 1.62. The Morgan fingerprint density at radius 1 is 1.57 bits per heavy atom. The fourth-order valence-corrected chi connectivity index (χ4v) is 1.33. The predicted molar refractivity (Wildman–Crippen MR) is 52.4 cm³/mol. The molecule has 0 unspecified atom stereocenters. The lowest BCUT2D eigenvalue weighted by Gasteiger charge is -1.88. The number of ketones is 1. The molecule has 4 nitrogen and oxygen atoms in total. The number of Topliss-reactive ketones (excluding diaryl/α,β-unsaturated/α-hetero) is 1. The summed E-state index contributed by atoms with van der Waals surface area (Å²) in [4.78, 5) is 15.1. The van der Waals surface area contributed by atoms with Gasteiger partial charge in [0.05, 0.1) is 11.6 Å². The molecule has 2 N–H and O–H groups in total. The van der Waals surface area contributed by atoms with Crippen molar-refractivity contribution < 1.29 is 9.21 Å². The molecule has 2 aromatic rings. The van der Waals surface area contributed by atoms with E-state index in [4.69, 9.17) is 21.8 Å². The number of fused-ring (bicyclic) bond motifs is 1. The van der Waals surface area contributed by atoms with E-state index in [0.29, 0.717) is 16.1 Å². The Labute approximate surface area is 84.7 Å². The average Bonchev–Trinajstić information content (AvgIpc) is 2.62. The van der Waals surface area contributed by atoms with Crippen LogP contribution in [-0.4, -0.2) is 17.3 Å². The van der Waals surface area contributed by atoms with Gasteiger partial charge in [0, 0.05) is 0 Å². The number of aromatic nitrogens is 1. The molecule has 0 saturated carbocycles. The van der Waals surface area contributed by atoms with E-state index in [-0.39, 0.29) is 18.2 Å². The van der Waals surface area contributed by atoms with Gasteiger partial charge in [0.25, 0.3) is 5.89 Å². The van der Waals surface area contributed by atoms with Gasteiger partial charge in [-0.2, -0.15) is 0 Å². The number of hydrogen-bond donors (Lipinski definition) is 1. The third-order valence-corrected chi connectivity index (χ3v) is 2.09. The van der Waals surface area contributed by atoms with Crippen molar-refractivity contribution in [3.8, 4) is 0 Å². The van der Waals surface area contributed by atoms with E-state index in [9.17, 15) is 4.79 Å². The van der Waals surface area contributed by atoms with E-state index in [1.807, 2.05) is 0 Å². The normalized spacial score (nSPS) is 10.7. The molecule has 0 radical (unpaired) electrons. The quantitative estimate of drug-likeness (QED) is 0.765. The Hall–Kier alpha value is -1.39. The number of hydrogen-bond acceptors (Lipinski definition) is 4. The number of nitrogens with zero attached hydrogens (tertiary/aromatic N) is 1. The highest BCUT2D eigenvalue weighted by molar-refractivity contribution is 6.34. The monoisotopic (exact) mass is 210 g/mol. The first kappa shape index (κ1) is 9.18. The maximum atomic E-state index is 11.2. The molecule has 1 aromatic heterocycles. The molecule has 0 fully saturated rings. The Morgan fingerprint density at radius 2 is 2.36 bits per heavy atom. The molecule has 1 heterocycles. The van der Waals surface area contributed by atoms with E-state index >= 15 is 0 Å². The second-order valence-corrected chi connectivity index (χ2v) is 3.14. The van der Waals surface area contributed by atoms with Gasteiger partial charge in [-0.15, -0.1) is 0 Å². The number of benzene rings is 1. The first-order chi connectivity index (χ1) is 6.72. The van der Waals surface area contributed by atoms with Crippen molar-refractivity contribution in [3.63, 3.8) is 0 Å². The Morgan fingerprint density at radius 3 is 3.00 bits per heavy atom. The Balaban J connectivity index is 2.62. The summed E-state index contributed by atoms with van der Waals surface area (Å²) < 4.78 is 5.18. The third kappa shape index (κ3) is 1.38. The summed E-state index contributed by atoms with van der Waals surface area (Å²) in [6, 6.07) is 5.13. The highest BCUT2D eigenvalue weighted by Gasteiger charge is 2.13. The molecule has 0 aliphatic rings. The first-order valence-corrected chi connectivity index (χ1v) is 4.38. The standard InChI is InChI=1S/C9H7ClN2O2/c10-5-2-1-3-6-8(5)14-9(12-6)7(13)4-11/h1-3H,4,11H2. The highest BCUT2D eigenvalue weighted by Crippen LogP contribution is 2.23. The van der Waals surface area contributed by atoms with Crippen molar-refractivity contribution >= 4 is 28.5 Å². The van der Waals surface area contributed by atoms with Gasteiger partial charge in [-0.05, 0) is 12.1 Å². The molecule has 72 valence electrons. The van der Waals surface area contributed by atoms with Crippen molar-refractivity contribution in [1.29, 1.82) is 0 Å². The van der Waals surface area contributed by atoms with Crippen LogP contribution in [0.15, 0.2) is 22.6 Å². The molecule has 14 heavy (non-hydrogen) atoms. The van der Waals surface area contributed by atoms with Gasteiger partial charge in [-0.3, -0.25) is 4.79 Å². The largest absolute Gasteiger partial charge is 0.432 e. The SMILES string of the molecule is NCC(=O)c1nc2cccc(Cl)c2o1. The summed E-state index contributed by atoms with van der Waals surface area (Å²) in [7, 11) is 0. The number of oxazole rings is 1. The van der Waals surface area contributed by atoms with Crippen LogP contribution in [0.25, 0.3) is 11.1 Å². The number of halogens is 1. The molecule has 0 aliphatic carbocycles. The molecule has 0 spiro atoms. The lowest BCUT2D eigenvalue weighted by atomic mass is 10.3. The second kappa shape index (κ2) is 3.40. The Kier molecular flexibility index (Phi) is 2.23. The molecular weight excluding hydrogens is 204 g/mol. The van der Waals surface area contributed by atoms with Crippen LogP contribution in [0.4, 0.5) is 0 Å². The van der Waals surface area contributed by atoms with Crippen molar-refractivity contribution in [2.24, 2.45) is 5.73 Å². The van der Waals surface area contributed by atoms with Crippen molar-refractivity contribution in [3.05, 3.63) is 29.1 Å². The smallest absolute Gasteiger partial charge is 0.265 e. The molecule has 0 bridgehead atoms. The lowest BCUT2D eigenvalue weighted by Crippen LogP contribution is -2.13. The third-order valence-electron chi connectivity index (χ3n) is 1.79. The van der Waals surface area contributed by atoms with Crippen molar-refractivity contribution in [2.45, 2.75) is 0 Å². The van der Waals surface area contributed by atoms with E-state index in [2.05, 4.69) is 4.98 Å². The van der Waals surface area contributed by atoms with Gasteiger partial charge < -0.3 is 10.2 Å². The van der Waals surface area contributed by atoms with Crippen molar-refractivity contribution in [1.82, 2.24) is 4.98 Å². The van der Waals surface area contributed by atoms with Crippen LogP contribution in [-0.2, 0) is 0 Å². The summed E-state index contributed by atoms with van der Waals surface area (Å²) in [5.74, 6) is -0.326. The topological polar surface area (TPSA) is 69.1 Å². The van der Waals surface area contributed by atoms with Gasteiger partial charge >= 0.3 is 0 Å². The minimum atomic E-state index is -0.336. The average molecular weight is 211 g/mol. The van der Waals surface area contributed by atoms with Gasteiger partial charge in [0.15, 0.2) is 5.58 Å². The maximum absolute atomic E-state index is 11.2. The van der Waals surface area contributed by atoms with Gasteiger partial charge in [0.1, 0.15) is 5.52 Å². The zero-order valence-corrected chi connectivity index (χ0v) is 7.91. The number of rotatable bonds is 2. The summed E-state index contributed by atoms with van der Waals surface area (Å²) >= 11 is 5.84. The van der Waals surface area contributed by atoms with Crippen molar-refractivity contribution in [2.75, 3.05) is 6.54 Å². The first-order valence-electron chi connectivity index (χ1n) is 4.00. The number of para-hydroxylation sites is 1. The summed E-state index contributed by atoms with van der Waals surface area (Å²) in [6.45, 7) is -0.121. The summed E-state index contributed by atoms with van der Waals surface area (Å²) in [5, 5.41) is 0.436. The van der Waals surface area contributed by atoms with Gasteiger partial charge in [-0.1, -0.05) is 17.7 Å². The molecule has 2 rings (SSSR count). The van der Waals surface area contributed by atoms with Crippen LogP contribution in [0.1, 0.15) is 10.7 Å². The Bertz CT molecular complexity index is 493. The molecule has 0 amide bonds. The van der Waals surface area contributed by atoms with Crippen LogP contribution >= 0.6 is 11.6 Å². The van der Waals surface area contributed by atoms with Gasteiger partial charge in [0.2, 0.25) is 5.78 Å². The van der Waals surface area contributed by atoms with E-state index < -0.39 is 0 Å². The van der Waals surface area contributed by atoms with E-state index in [1.165, 1.54) is 0 Å². The fraction of sp³-hybridized carbons (Fsp3) is 0.111. The second-order valence-electron chi connectivity index (χ2n) is 2.73. The minimum Gasteiger partial charge on any atom is -0.432 e. The van der Waals surface area contributed by atoms with Crippen LogP contribution < -0.4 is 5.73 Å². The van der Waals surface area contributed by atoms with Gasteiger partial charge in [-0.25, -0.2) is 4.98 Å². The van der Waals surface area contributed by atoms with E-state index in [1.54, 1.807) is 18.2 Å². The highest BCUT2D eigenvalue weighted by atomic mass is 35.5. The zero-order chi connectivity index (χ0) is 10.1. The molecular formula is C9H7ClN2O2. The molecule has 0 aliphatic heterocycles. The number of carbonyl (C=O) groups excluding carboxylic acids is 1. The summed E-state index contributed by atoms with van der Waals surface area (Å²) in [5.41, 5.74) is 6.17. The number of carbonyl (C=O) groups is 1. The number of nitrogens with two attached hydrogens (primary N) is 1.